The molecule has 5 heteroatoms. The van der Waals surface area contributed by atoms with Gasteiger partial charge in [-0.2, -0.15) is 0 Å². The highest BCUT2D eigenvalue weighted by molar-refractivity contribution is 14.1. The van der Waals surface area contributed by atoms with Gasteiger partial charge < -0.3 is 14.8 Å². The van der Waals surface area contributed by atoms with E-state index in [0.717, 1.165) is 36.9 Å². The van der Waals surface area contributed by atoms with Crippen molar-refractivity contribution < 1.29 is 9.47 Å². The Labute approximate surface area is 178 Å². The van der Waals surface area contributed by atoms with Crippen molar-refractivity contribution in [1.29, 1.82) is 0 Å². The second-order valence-corrected chi connectivity index (χ2v) is 7.57. The Hall–Kier alpha value is -1.92. The summed E-state index contributed by atoms with van der Waals surface area (Å²) in [4.78, 5) is 0. The molecule has 3 aromatic carbocycles. The van der Waals surface area contributed by atoms with Crippen molar-refractivity contribution >= 4 is 39.9 Å². The zero-order valence-electron chi connectivity index (χ0n) is 15.0. The minimum atomic E-state index is 0.513. The van der Waals surface area contributed by atoms with Crippen LogP contribution in [0.5, 0.6) is 11.5 Å². The first-order valence-corrected chi connectivity index (χ1v) is 10.2. The number of hydrogen-bond acceptors (Lipinski definition) is 3. The summed E-state index contributed by atoms with van der Waals surface area (Å²) in [5.41, 5.74) is 3.28. The molecule has 0 saturated heterocycles. The highest BCUT2D eigenvalue weighted by Crippen LogP contribution is 2.35. The molecule has 0 bridgehead atoms. The van der Waals surface area contributed by atoms with Gasteiger partial charge in [0.15, 0.2) is 11.5 Å². The lowest BCUT2D eigenvalue weighted by Crippen LogP contribution is -2.05. The average molecular weight is 494 g/mol. The topological polar surface area (TPSA) is 30.5 Å². The second kappa shape index (κ2) is 9.85. The first-order valence-electron chi connectivity index (χ1n) is 8.77. The molecule has 0 aromatic heterocycles. The van der Waals surface area contributed by atoms with Crippen LogP contribution in [0, 0.1) is 3.57 Å². The van der Waals surface area contributed by atoms with Gasteiger partial charge >= 0.3 is 0 Å². The molecule has 1 N–H and O–H groups in total. The molecule has 140 valence electrons. The molecular weight excluding hydrogens is 473 g/mol. The fraction of sp³-hybridized carbons (Fsp3) is 0.182. The molecule has 3 aromatic rings. The zero-order chi connectivity index (χ0) is 19.1. The molecule has 0 amide bonds. The normalized spacial score (nSPS) is 10.5. The molecule has 0 aliphatic heterocycles. The van der Waals surface area contributed by atoms with Gasteiger partial charge in [-0.05, 0) is 77.0 Å². The molecule has 3 nitrogen and oxygen atoms in total. The van der Waals surface area contributed by atoms with Crippen molar-refractivity contribution in [3.05, 3.63) is 86.4 Å². The van der Waals surface area contributed by atoms with Crippen LogP contribution in [0.3, 0.4) is 0 Å². The molecule has 0 heterocycles. The molecule has 0 saturated carbocycles. The molecule has 0 spiro atoms. The minimum absolute atomic E-state index is 0.513. The van der Waals surface area contributed by atoms with E-state index in [0.29, 0.717) is 19.8 Å². The maximum atomic E-state index is 6.07. The van der Waals surface area contributed by atoms with Crippen LogP contribution in [0.25, 0.3) is 0 Å². The summed E-state index contributed by atoms with van der Waals surface area (Å²) in [6.45, 7) is 3.77. The zero-order valence-corrected chi connectivity index (χ0v) is 18.0. The number of anilines is 1. The Bertz CT molecular complexity index is 869. The smallest absolute Gasteiger partial charge is 0.174 e. The summed E-state index contributed by atoms with van der Waals surface area (Å²) in [6, 6.07) is 22.0. The van der Waals surface area contributed by atoms with Gasteiger partial charge in [-0.1, -0.05) is 41.9 Å². The van der Waals surface area contributed by atoms with Crippen molar-refractivity contribution in [3.8, 4) is 11.5 Å². The van der Waals surface area contributed by atoms with Gasteiger partial charge in [-0.25, -0.2) is 0 Å². The highest BCUT2D eigenvalue weighted by Gasteiger charge is 2.12. The molecule has 0 aliphatic carbocycles. The predicted octanol–water partition coefficient (Wildman–Crippen LogP) is 6.53. The average Bonchev–Trinajstić information content (AvgIpc) is 2.68. The van der Waals surface area contributed by atoms with Crippen molar-refractivity contribution in [3.63, 3.8) is 0 Å². The molecule has 0 atom stereocenters. The number of nitrogens with one attached hydrogen (secondary N) is 1. The first kappa shape index (κ1) is 19.8. The lowest BCUT2D eigenvalue weighted by atomic mass is 10.2. The van der Waals surface area contributed by atoms with E-state index in [9.17, 15) is 0 Å². The summed E-state index contributed by atoms with van der Waals surface area (Å²) in [5, 5.41) is 4.13. The molecule has 0 fully saturated rings. The van der Waals surface area contributed by atoms with Crippen molar-refractivity contribution in [2.75, 3.05) is 11.9 Å². The molecular formula is C22H21ClINO2. The first-order chi connectivity index (χ1) is 13.2. The van der Waals surface area contributed by atoms with E-state index >= 15 is 0 Å². The third kappa shape index (κ3) is 5.78. The van der Waals surface area contributed by atoms with E-state index in [1.807, 2.05) is 55.5 Å². The predicted molar refractivity (Wildman–Crippen MR) is 120 cm³/mol. The quantitative estimate of drug-likeness (QED) is 0.362. The summed E-state index contributed by atoms with van der Waals surface area (Å²) >= 11 is 8.24. The third-order valence-electron chi connectivity index (χ3n) is 3.94. The van der Waals surface area contributed by atoms with Crippen LogP contribution in [-0.4, -0.2) is 6.61 Å². The SMILES string of the molecule is CCOc1cc(CNc2ccc(Cl)cc2)cc(I)c1OCc1ccccc1. The molecule has 0 aliphatic rings. The largest absolute Gasteiger partial charge is 0.490 e. The monoisotopic (exact) mass is 493 g/mol. The van der Waals surface area contributed by atoms with E-state index in [4.69, 9.17) is 21.1 Å². The van der Waals surface area contributed by atoms with E-state index in [2.05, 4.69) is 46.1 Å². The van der Waals surface area contributed by atoms with Crippen molar-refractivity contribution in [2.24, 2.45) is 0 Å². The summed E-state index contributed by atoms with van der Waals surface area (Å²) in [6.07, 6.45) is 0. The number of benzene rings is 3. The van der Waals surface area contributed by atoms with Crippen LogP contribution in [0.4, 0.5) is 5.69 Å². The van der Waals surface area contributed by atoms with Crippen LogP contribution in [0.2, 0.25) is 5.02 Å². The minimum Gasteiger partial charge on any atom is -0.490 e. The van der Waals surface area contributed by atoms with Crippen LogP contribution in [0.15, 0.2) is 66.7 Å². The van der Waals surface area contributed by atoms with Crippen LogP contribution in [0.1, 0.15) is 18.1 Å². The van der Waals surface area contributed by atoms with Gasteiger partial charge in [0.05, 0.1) is 10.2 Å². The van der Waals surface area contributed by atoms with Crippen LogP contribution >= 0.6 is 34.2 Å². The summed E-state index contributed by atoms with van der Waals surface area (Å²) < 4.78 is 12.9. The van der Waals surface area contributed by atoms with Gasteiger partial charge in [0.2, 0.25) is 0 Å². The fourth-order valence-electron chi connectivity index (χ4n) is 2.63. The fourth-order valence-corrected chi connectivity index (χ4v) is 3.58. The van der Waals surface area contributed by atoms with E-state index < -0.39 is 0 Å². The second-order valence-electron chi connectivity index (χ2n) is 5.97. The lowest BCUT2D eigenvalue weighted by Gasteiger charge is -2.16. The maximum Gasteiger partial charge on any atom is 0.174 e. The molecule has 27 heavy (non-hydrogen) atoms. The number of ether oxygens (including phenoxy) is 2. The van der Waals surface area contributed by atoms with Gasteiger partial charge in [-0.15, -0.1) is 0 Å². The summed E-state index contributed by atoms with van der Waals surface area (Å²) in [7, 11) is 0. The van der Waals surface area contributed by atoms with Gasteiger partial charge in [0.1, 0.15) is 6.61 Å². The third-order valence-corrected chi connectivity index (χ3v) is 4.99. The van der Waals surface area contributed by atoms with Gasteiger partial charge in [0.25, 0.3) is 0 Å². The Balaban J connectivity index is 1.73. The lowest BCUT2D eigenvalue weighted by molar-refractivity contribution is 0.267. The van der Waals surface area contributed by atoms with E-state index in [1.54, 1.807) is 0 Å². The van der Waals surface area contributed by atoms with Gasteiger partial charge in [-0.3, -0.25) is 0 Å². The number of hydrogen-bond donors (Lipinski definition) is 1. The van der Waals surface area contributed by atoms with E-state index in [-0.39, 0.29) is 0 Å². The van der Waals surface area contributed by atoms with E-state index in [1.165, 1.54) is 0 Å². The van der Waals surface area contributed by atoms with Crippen LogP contribution in [-0.2, 0) is 13.2 Å². The van der Waals surface area contributed by atoms with Crippen molar-refractivity contribution in [2.45, 2.75) is 20.1 Å². The standard InChI is InChI=1S/C22H21ClINO2/c1-2-26-21-13-17(14-25-19-10-8-18(23)9-11-19)12-20(24)22(21)27-15-16-6-4-3-5-7-16/h3-13,25H,2,14-15H2,1H3. The van der Waals surface area contributed by atoms with Gasteiger partial charge in [0, 0.05) is 17.3 Å². The molecule has 0 unspecified atom stereocenters. The van der Waals surface area contributed by atoms with Crippen LogP contribution < -0.4 is 14.8 Å². The number of halogens is 2. The Kier molecular flexibility index (Phi) is 7.24. The Morgan fingerprint density at radius 3 is 2.37 bits per heavy atom. The molecule has 3 rings (SSSR count). The summed E-state index contributed by atoms with van der Waals surface area (Å²) in [5.74, 6) is 1.56. The number of rotatable bonds is 8. The highest BCUT2D eigenvalue weighted by atomic mass is 127. The van der Waals surface area contributed by atoms with Crippen molar-refractivity contribution in [1.82, 2.24) is 0 Å². The Morgan fingerprint density at radius 1 is 0.926 bits per heavy atom. The maximum absolute atomic E-state index is 6.07. The molecule has 0 radical (unpaired) electrons. The Morgan fingerprint density at radius 2 is 1.67 bits per heavy atom.